The lowest BCUT2D eigenvalue weighted by molar-refractivity contribution is -0.136. The number of halogens is 1. The van der Waals surface area contributed by atoms with E-state index in [1.54, 1.807) is 11.3 Å². The van der Waals surface area contributed by atoms with Gasteiger partial charge in [-0.05, 0) is 37.8 Å². The van der Waals surface area contributed by atoms with Gasteiger partial charge in [0, 0.05) is 18.0 Å². The number of piperidine rings is 1. The Bertz CT molecular complexity index is 350. The van der Waals surface area contributed by atoms with Gasteiger partial charge in [-0.3, -0.25) is 4.79 Å². The molecule has 1 amide bonds. The summed E-state index contributed by atoms with van der Waals surface area (Å²) in [5, 5.41) is 5.37. The van der Waals surface area contributed by atoms with E-state index in [2.05, 4.69) is 23.7 Å². The first-order valence-corrected chi connectivity index (χ1v) is 7.21. The Kier molecular flexibility index (Phi) is 6.68. The summed E-state index contributed by atoms with van der Waals surface area (Å²) in [7, 11) is 0. The van der Waals surface area contributed by atoms with Crippen molar-refractivity contribution in [3.8, 4) is 0 Å². The van der Waals surface area contributed by atoms with Crippen LogP contribution >= 0.6 is 23.7 Å². The highest BCUT2D eigenvalue weighted by molar-refractivity contribution is 7.09. The van der Waals surface area contributed by atoms with Crippen LogP contribution < -0.4 is 5.32 Å². The van der Waals surface area contributed by atoms with Crippen LogP contribution in [0.1, 0.15) is 24.6 Å². The van der Waals surface area contributed by atoms with Gasteiger partial charge in [0.25, 0.3) is 0 Å². The number of hydrogen-bond donors (Lipinski definition) is 1. The average molecular weight is 289 g/mol. The van der Waals surface area contributed by atoms with Crippen LogP contribution in [-0.4, -0.2) is 30.4 Å². The van der Waals surface area contributed by atoms with Crippen LogP contribution in [0, 0.1) is 5.92 Å². The Balaban J connectivity index is 0.00000162. The van der Waals surface area contributed by atoms with Crippen LogP contribution in [0.3, 0.4) is 0 Å². The first-order chi connectivity index (χ1) is 8.31. The van der Waals surface area contributed by atoms with E-state index in [1.807, 2.05) is 11.0 Å². The number of nitrogens with one attached hydrogen (secondary N) is 1. The summed E-state index contributed by atoms with van der Waals surface area (Å²) in [6.45, 7) is 5.53. The van der Waals surface area contributed by atoms with Gasteiger partial charge in [0.1, 0.15) is 0 Å². The standard InChI is InChI=1S/C13H20N2OS.ClH/c1-2-15(10-12-6-4-8-17-12)13(16)11-5-3-7-14-9-11;/h4,6,8,11,14H,2-3,5,7,9-10H2,1H3;1H/t11-;/m1./s1. The second-order valence-electron chi connectivity index (χ2n) is 4.48. The van der Waals surface area contributed by atoms with E-state index >= 15 is 0 Å². The predicted molar refractivity (Wildman–Crippen MR) is 78.3 cm³/mol. The maximum Gasteiger partial charge on any atom is 0.227 e. The molecule has 102 valence electrons. The van der Waals surface area contributed by atoms with Crippen molar-refractivity contribution in [3.05, 3.63) is 22.4 Å². The van der Waals surface area contributed by atoms with Gasteiger partial charge in [-0.25, -0.2) is 0 Å². The largest absolute Gasteiger partial charge is 0.338 e. The highest BCUT2D eigenvalue weighted by atomic mass is 35.5. The Morgan fingerprint density at radius 1 is 1.61 bits per heavy atom. The quantitative estimate of drug-likeness (QED) is 0.923. The van der Waals surface area contributed by atoms with Crippen molar-refractivity contribution >= 4 is 29.7 Å². The van der Waals surface area contributed by atoms with Gasteiger partial charge in [-0.1, -0.05) is 6.07 Å². The van der Waals surface area contributed by atoms with Crippen LogP contribution in [0.15, 0.2) is 17.5 Å². The Hall–Kier alpha value is -0.580. The summed E-state index contributed by atoms with van der Waals surface area (Å²) in [6, 6.07) is 4.14. The van der Waals surface area contributed by atoms with Crippen LogP contribution in [0.2, 0.25) is 0 Å². The van der Waals surface area contributed by atoms with E-state index in [-0.39, 0.29) is 18.3 Å². The van der Waals surface area contributed by atoms with E-state index in [1.165, 1.54) is 4.88 Å². The number of rotatable bonds is 4. The van der Waals surface area contributed by atoms with Gasteiger partial charge in [0.05, 0.1) is 12.5 Å². The van der Waals surface area contributed by atoms with Crippen LogP contribution in [0.4, 0.5) is 0 Å². The number of carbonyl (C=O) groups is 1. The lowest BCUT2D eigenvalue weighted by Crippen LogP contribution is -2.42. The second kappa shape index (κ2) is 7.77. The number of nitrogens with zero attached hydrogens (tertiary/aromatic N) is 1. The topological polar surface area (TPSA) is 32.3 Å². The molecule has 1 N–H and O–H groups in total. The maximum absolute atomic E-state index is 12.3. The minimum absolute atomic E-state index is 0. The normalized spacial score (nSPS) is 19.1. The zero-order chi connectivity index (χ0) is 12.1. The molecule has 1 aliphatic heterocycles. The van der Waals surface area contributed by atoms with Crippen molar-refractivity contribution in [1.29, 1.82) is 0 Å². The predicted octanol–water partition coefficient (Wildman–Crippen LogP) is 2.52. The Morgan fingerprint density at radius 2 is 2.44 bits per heavy atom. The fraction of sp³-hybridized carbons (Fsp3) is 0.615. The molecule has 2 rings (SSSR count). The molecule has 0 aliphatic carbocycles. The molecule has 0 spiro atoms. The molecule has 1 fully saturated rings. The lowest BCUT2D eigenvalue weighted by atomic mass is 9.98. The van der Waals surface area contributed by atoms with Crippen molar-refractivity contribution in [2.75, 3.05) is 19.6 Å². The summed E-state index contributed by atoms with van der Waals surface area (Å²) in [4.78, 5) is 15.6. The highest BCUT2D eigenvalue weighted by Crippen LogP contribution is 2.17. The zero-order valence-corrected chi connectivity index (χ0v) is 12.4. The lowest BCUT2D eigenvalue weighted by Gasteiger charge is -2.28. The van der Waals surface area contributed by atoms with Crippen molar-refractivity contribution < 1.29 is 4.79 Å². The SMILES string of the molecule is CCN(Cc1cccs1)C(=O)[C@@H]1CCCNC1.Cl. The molecule has 0 unspecified atom stereocenters. The molecule has 0 saturated carbocycles. The molecule has 2 heterocycles. The smallest absolute Gasteiger partial charge is 0.227 e. The molecule has 1 aliphatic rings. The highest BCUT2D eigenvalue weighted by Gasteiger charge is 2.25. The van der Waals surface area contributed by atoms with Crippen molar-refractivity contribution in [2.45, 2.75) is 26.3 Å². The first kappa shape index (κ1) is 15.5. The van der Waals surface area contributed by atoms with Gasteiger partial charge >= 0.3 is 0 Å². The minimum Gasteiger partial charge on any atom is -0.338 e. The number of amides is 1. The minimum atomic E-state index is 0. The third-order valence-electron chi connectivity index (χ3n) is 3.27. The Morgan fingerprint density at radius 3 is 3.00 bits per heavy atom. The van der Waals surface area contributed by atoms with Crippen LogP contribution in [0.5, 0.6) is 0 Å². The monoisotopic (exact) mass is 288 g/mol. The van der Waals surface area contributed by atoms with Crippen molar-refractivity contribution in [1.82, 2.24) is 10.2 Å². The van der Waals surface area contributed by atoms with E-state index in [0.29, 0.717) is 5.91 Å². The maximum atomic E-state index is 12.3. The number of thiophene rings is 1. The van der Waals surface area contributed by atoms with Crippen LogP contribution in [-0.2, 0) is 11.3 Å². The summed E-state index contributed by atoms with van der Waals surface area (Å²) < 4.78 is 0. The second-order valence-corrected chi connectivity index (χ2v) is 5.51. The van der Waals surface area contributed by atoms with Crippen molar-refractivity contribution in [3.63, 3.8) is 0 Å². The summed E-state index contributed by atoms with van der Waals surface area (Å²) in [6.07, 6.45) is 2.15. The van der Waals surface area contributed by atoms with Crippen LogP contribution in [0.25, 0.3) is 0 Å². The Labute approximate surface area is 119 Å². The summed E-state index contributed by atoms with van der Waals surface area (Å²) in [5.74, 6) is 0.497. The molecular formula is C13H21ClN2OS. The number of carbonyl (C=O) groups excluding carboxylic acids is 1. The molecule has 1 saturated heterocycles. The average Bonchev–Trinajstić information content (AvgIpc) is 2.89. The molecule has 0 radical (unpaired) electrons. The third-order valence-corrected chi connectivity index (χ3v) is 4.13. The molecule has 5 heteroatoms. The van der Waals surface area contributed by atoms with Gasteiger partial charge in [-0.15, -0.1) is 23.7 Å². The molecule has 18 heavy (non-hydrogen) atoms. The molecule has 0 bridgehead atoms. The molecule has 1 atom stereocenters. The van der Waals surface area contributed by atoms with E-state index in [4.69, 9.17) is 0 Å². The molecule has 1 aromatic heterocycles. The van der Waals surface area contributed by atoms with Gasteiger partial charge < -0.3 is 10.2 Å². The fourth-order valence-electron chi connectivity index (χ4n) is 2.26. The first-order valence-electron chi connectivity index (χ1n) is 6.33. The van der Waals surface area contributed by atoms with E-state index in [9.17, 15) is 4.79 Å². The molecular weight excluding hydrogens is 268 g/mol. The molecule has 3 nitrogen and oxygen atoms in total. The molecule has 1 aromatic rings. The fourth-order valence-corrected chi connectivity index (χ4v) is 2.98. The van der Waals surface area contributed by atoms with E-state index in [0.717, 1.165) is 39.0 Å². The zero-order valence-electron chi connectivity index (χ0n) is 10.7. The summed E-state index contributed by atoms with van der Waals surface area (Å²) in [5.41, 5.74) is 0. The molecule has 0 aromatic carbocycles. The summed E-state index contributed by atoms with van der Waals surface area (Å²) >= 11 is 1.72. The van der Waals surface area contributed by atoms with Gasteiger partial charge in [-0.2, -0.15) is 0 Å². The van der Waals surface area contributed by atoms with Crippen molar-refractivity contribution in [2.24, 2.45) is 5.92 Å². The number of hydrogen-bond acceptors (Lipinski definition) is 3. The van der Waals surface area contributed by atoms with Gasteiger partial charge in [0.2, 0.25) is 5.91 Å². The van der Waals surface area contributed by atoms with E-state index < -0.39 is 0 Å². The third kappa shape index (κ3) is 3.97. The van der Waals surface area contributed by atoms with Gasteiger partial charge in [0.15, 0.2) is 0 Å².